The van der Waals surface area contributed by atoms with Gasteiger partial charge >= 0.3 is 0 Å². The number of unbranched alkanes of at least 4 members (excludes halogenated alkanes) is 5. The van der Waals surface area contributed by atoms with Crippen molar-refractivity contribution in [1.82, 2.24) is 0 Å². The van der Waals surface area contributed by atoms with Crippen LogP contribution in [0.1, 0.15) is 105 Å². The molecule has 0 saturated heterocycles. The van der Waals surface area contributed by atoms with Crippen LogP contribution < -0.4 is 0 Å². The third kappa shape index (κ3) is 8.16. The molecule has 1 atom stereocenters. The molecule has 0 heterocycles. The maximum atomic E-state index is 2.52. The van der Waals surface area contributed by atoms with E-state index in [2.05, 4.69) is 34.6 Å². The minimum absolute atomic E-state index is 0.568. The van der Waals surface area contributed by atoms with E-state index in [4.69, 9.17) is 0 Å². The van der Waals surface area contributed by atoms with Crippen LogP contribution in [-0.4, -0.2) is 0 Å². The van der Waals surface area contributed by atoms with Crippen LogP contribution in [0.4, 0.5) is 0 Å². The molecule has 0 saturated carbocycles. The first-order valence-electron chi connectivity index (χ1n) is 8.58. The average molecular weight is 255 g/mol. The Kier molecular flexibility index (Phi) is 10.9. The summed E-state index contributed by atoms with van der Waals surface area (Å²) in [7, 11) is 0. The molecule has 0 N–H and O–H groups in total. The third-order valence-electron chi connectivity index (χ3n) is 4.59. The smallest absolute Gasteiger partial charge is 0.0326 e. The lowest BCUT2D eigenvalue weighted by atomic mass is 9.70. The molecule has 0 bridgehead atoms. The van der Waals surface area contributed by atoms with Crippen molar-refractivity contribution in [2.24, 2.45) is 11.3 Å². The van der Waals surface area contributed by atoms with E-state index in [1.807, 2.05) is 0 Å². The lowest BCUT2D eigenvalue weighted by molar-refractivity contribution is 0.159. The Morgan fingerprint density at radius 3 is 1.72 bits per heavy atom. The van der Waals surface area contributed by atoms with Crippen molar-refractivity contribution in [2.75, 3.05) is 0 Å². The summed E-state index contributed by atoms with van der Waals surface area (Å²) in [5.41, 5.74) is 0.568. The number of hydrogen-bond donors (Lipinski definition) is 0. The monoisotopic (exact) mass is 254 g/mol. The summed E-state index contributed by atoms with van der Waals surface area (Å²) in [5, 5.41) is 0. The van der Waals surface area contributed by atoms with Gasteiger partial charge in [-0.15, -0.1) is 0 Å². The summed E-state index contributed by atoms with van der Waals surface area (Å²) in [6.45, 7) is 12.0. The van der Waals surface area contributed by atoms with Gasteiger partial charge < -0.3 is 0 Å². The first-order valence-corrected chi connectivity index (χ1v) is 8.58. The van der Waals surface area contributed by atoms with E-state index >= 15 is 0 Å². The first-order chi connectivity index (χ1) is 8.58. The van der Waals surface area contributed by atoms with E-state index in [-0.39, 0.29) is 0 Å². The SMILES string of the molecule is CCCCCC(CCCC)C(C)(C)CCCCC. The van der Waals surface area contributed by atoms with Crippen molar-refractivity contribution in [3.8, 4) is 0 Å². The highest BCUT2D eigenvalue weighted by Crippen LogP contribution is 2.39. The molecule has 18 heavy (non-hydrogen) atoms. The van der Waals surface area contributed by atoms with E-state index in [0.29, 0.717) is 5.41 Å². The summed E-state index contributed by atoms with van der Waals surface area (Å²) in [4.78, 5) is 0. The minimum Gasteiger partial charge on any atom is -0.0654 e. The van der Waals surface area contributed by atoms with Crippen LogP contribution >= 0.6 is 0 Å². The Morgan fingerprint density at radius 1 is 0.667 bits per heavy atom. The Balaban J connectivity index is 4.20. The molecular weight excluding hydrogens is 216 g/mol. The first kappa shape index (κ1) is 18.0. The van der Waals surface area contributed by atoms with Gasteiger partial charge in [0.25, 0.3) is 0 Å². The number of hydrogen-bond acceptors (Lipinski definition) is 0. The average Bonchev–Trinajstić information content (AvgIpc) is 2.33. The van der Waals surface area contributed by atoms with Crippen LogP contribution in [0.5, 0.6) is 0 Å². The summed E-state index contributed by atoms with van der Waals surface area (Å²) >= 11 is 0. The summed E-state index contributed by atoms with van der Waals surface area (Å²) in [5.74, 6) is 0.959. The second-order valence-corrected chi connectivity index (χ2v) is 6.78. The Hall–Kier alpha value is 0. The molecule has 0 aromatic rings. The molecule has 0 nitrogen and oxygen atoms in total. The molecular formula is C18H38. The van der Waals surface area contributed by atoms with Gasteiger partial charge in [-0.25, -0.2) is 0 Å². The van der Waals surface area contributed by atoms with Crippen molar-refractivity contribution in [2.45, 2.75) is 105 Å². The number of rotatable bonds is 12. The molecule has 0 aliphatic heterocycles. The third-order valence-corrected chi connectivity index (χ3v) is 4.59. The zero-order chi connectivity index (χ0) is 13.9. The van der Waals surface area contributed by atoms with E-state index in [0.717, 1.165) is 5.92 Å². The fourth-order valence-corrected chi connectivity index (χ4v) is 3.05. The minimum atomic E-state index is 0.568. The van der Waals surface area contributed by atoms with Gasteiger partial charge in [-0.3, -0.25) is 0 Å². The maximum absolute atomic E-state index is 2.52. The maximum Gasteiger partial charge on any atom is -0.0326 e. The van der Waals surface area contributed by atoms with Crippen molar-refractivity contribution < 1.29 is 0 Å². The molecule has 0 rings (SSSR count). The summed E-state index contributed by atoms with van der Waals surface area (Å²) in [6, 6.07) is 0. The van der Waals surface area contributed by atoms with Gasteiger partial charge in [0.2, 0.25) is 0 Å². The fraction of sp³-hybridized carbons (Fsp3) is 1.00. The molecule has 0 aliphatic rings. The highest BCUT2D eigenvalue weighted by Gasteiger charge is 2.27. The van der Waals surface area contributed by atoms with Gasteiger partial charge in [-0.2, -0.15) is 0 Å². The zero-order valence-corrected chi connectivity index (χ0v) is 13.9. The highest BCUT2D eigenvalue weighted by atomic mass is 14.3. The van der Waals surface area contributed by atoms with Crippen molar-refractivity contribution >= 4 is 0 Å². The molecule has 0 aliphatic carbocycles. The highest BCUT2D eigenvalue weighted by molar-refractivity contribution is 4.78. The molecule has 0 fully saturated rings. The van der Waals surface area contributed by atoms with E-state index in [1.165, 1.54) is 70.6 Å². The fourth-order valence-electron chi connectivity index (χ4n) is 3.05. The second-order valence-electron chi connectivity index (χ2n) is 6.78. The lowest BCUT2D eigenvalue weighted by Crippen LogP contribution is -2.24. The van der Waals surface area contributed by atoms with Crippen LogP contribution in [-0.2, 0) is 0 Å². The van der Waals surface area contributed by atoms with Crippen LogP contribution in [0.2, 0.25) is 0 Å². The van der Waals surface area contributed by atoms with Crippen LogP contribution in [0.15, 0.2) is 0 Å². The van der Waals surface area contributed by atoms with Crippen molar-refractivity contribution in [1.29, 1.82) is 0 Å². The normalized spacial score (nSPS) is 13.8. The van der Waals surface area contributed by atoms with Gasteiger partial charge in [0.05, 0.1) is 0 Å². The molecule has 1 unspecified atom stereocenters. The predicted octanol–water partition coefficient (Wildman–Crippen LogP) is 6.98. The molecule has 110 valence electrons. The molecule has 0 amide bonds. The van der Waals surface area contributed by atoms with Crippen LogP contribution in [0.25, 0.3) is 0 Å². The van der Waals surface area contributed by atoms with E-state index in [1.54, 1.807) is 0 Å². The van der Waals surface area contributed by atoms with Gasteiger partial charge in [0.1, 0.15) is 0 Å². The molecule has 0 aromatic heterocycles. The van der Waals surface area contributed by atoms with Crippen LogP contribution in [0, 0.1) is 11.3 Å². The van der Waals surface area contributed by atoms with Crippen molar-refractivity contribution in [3.05, 3.63) is 0 Å². The molecule has 0 spiro atoms. The quantitative estimate of drug-likeness (QED) is 0.329. The van der Waals surface area contributed by atoms with E-state index in [9.17, 15) is 0 Å². The van der Waals surface area contributed by atoms with Gasteiger partial charge in [-0.05, 0) is 30.6 Å². The Morgan fingerprint density at radius 2 is 1.17 bits per heavy atom. The Labute approximate surface area is 117 Å². The summed E-state index contributed by atoms with van der Waals surface area (Å²) in [6.07, 6.45) is 15.6. The lowest BCUT2D eigenvalue weighted by Gasteiger charge is -2.35. The Bertz CT molecular complexity index is 169. The van der Waals surface area contributed by atoms with Gasteiger partial charge in [0, 0.05) is 0 Å². The second kappa shape index (κ2) is 10.9. The molecule has 0 aromatic carbocycles. The molecule has 0 heteroatoms. The largest absolute Gasteiger partial charge is 0.0654 e. The van der Waals surface area contributed by atoms with Gasteiger partial charge in [-0.1, -0.05) is 86.0 Å². The van der Waals surface area contributed by atoms with Gasteiger partial charge in [0.15, 0.2) is 0 Å². The standard InChI is InChI=1S/C18H38/c1-6-9-12-15-17(14-11-8-3)18(4,5)16-13-10-7-2/h17H,6-16H2,1-5H3. The molecule has 0 radical (unpaired) electrons. The van der Waals surface area contributed by atoms with Crippen LogP contribution in [0.3, 0.4) is 0 Å². The zero-order valence-electron chi connectivity index (χ0n) is 13.9. The van der Waals surface area contributed by atoms with E-state index < -0.39 is 0 Å². The topological polar surface area (TPSA) is 0 Å². The predicted molar refractivity (Wildman–Crippen MR) is 85.1 cm³/mol. The summed E-state index contributed by atoms with van der Waals surface area (Å²) < 4.78 is 0. The van der Waals surface area contributed by atoms with Crippen molar-refractivity contribution in [3.63, 3.8) is 0 Å².